The molecule has 4 N–H and O–H groups in total. The predicted octanol–water partition coefficient (Wildman–Crippen LogP) is -0.575. The average molecular weight is 244 g/mol. The van der Waals surface area contributed by atoms with E-state index in [4.69, 9.17) is 15.6 Å². The van der Waals surface area contributed by atoms with Gasteiger partial charge in [-0.1, -0.05) is 0 Å². The molecule has 1 aliphatic heterocycles. The first kappa shape index (κ1) is 11.5. The van der Waals surface area contributed by atoms with Crippen LogP contribution in [0.2, 0.25) is 0 Å². The first-order valence-corrected chi connectivity index (χ1v) is 5.69. The Hall–Kier alpha value is -1.02. The van der Waals surface area contributed by atoms with Crippen LogP contribution in [-0.4, -0.2) is 39.9 Å². The Kier molecular flexibility index (Phi) is 3.20. The third-order valence-corrected chi connectivity index (χ3v) is 3.32. The van der Waals surface area contributed by atoms with Crippen molar-refractivity contribution >= 4 is 17.2 Å². The molecule has 0 aliphatic carbocycles. The summed E-state index contributed by atoms with van der Waals surface area (Å²) in [6.45, 7) is -0.137. The summed E-state index contributed by atoms with van der Waals surface area (Å²) in [5.74, 6) is -0.603. The summed E-state index contributed by atoms with van der Waals surface area (Å²) in [6.07, 6.45) is -1.28. The van der Waals surface area contributed by atoms with E-state index in [0.717, 1.165) is 0 Å². The van der Waals surface area contributed by atoms with Gasteiger partial charge in [-0.25, -0.2) is 4.98 Å². The van der Waals surface area contributed by atoms with Crippen LogP contribution in [0.5, 0.6) is 0 Å². The van der Waals surface area contributed by atoms with Crippen molar-refractivity contribution in [3.05, 3.63) is 16.1 Å². The van der Waals surface area contributed by atoms with Crippen LogP contribution in [0.25, 0.3) is 0 Å². The van der Waals surface area contributed by atoms with Gasteiger partial charge in [0.15, 0.2) is 0 Å². The maximum atomic E-state index is 10.9. The molecule has 0 saturated carbocycles. The molecular weight excluding hydrogens is 232 g/mol. The van der Waals surface area contributed by atoms with Crippen molar-refractivity contribution in [3.63, 3.8) is 0 Å². The Morgan fingerprint density at radius 2 is 2.50 bits per heavy atom. The van der Waals surface area contributed by atoms with Crippen LogP contribution < -0.4 is 5.73 Å². The Morgan fingerprint density at radius 3 is 3.00 bits per heavy atom. The number of hydrogen-bond donors (Lipinski definition) is 3. The Labute approximate surface area is 95.7 Å². The van der Waals surface area contributed by atoms with Crippen molar-refractivity contribution < 1.29 is 19.7 Å². The summed E-state index contributed by atoms with van der Waals surface area (Å²) >= 11 is 1.21. The van der Waals surface area contributed by atoms with Gasteiger partial charge in [0, 0.05) is 11.8 Å². The number of aliphatic hydroxyl groups excluding tert-OH is 2. The van der Waals surface area contributed by atoms with E-state index >= 15 is 0 Å². The highest BCUT2D eigenvalue weighted by Crippen LogP contribution is 2.34. The predicted molar refractivity (Wildman–Crippen MR) is 56.0 cm³/mol. The van der Waals surface area contributed by atoms with Gasteiger partial charge < -0.3 is 20.7 Å². The van der Waals surface area contributed by atoms with Crippen molar-refractivity contribution in [1.82, 2.24) is 4.98 Å². The van der Waals surface area contributed by atoms with E-state index in [-0.39, 0.29) is 18.4 Å². The minimum absolute atomic E-state index is 0.137. The molecule has 7 heteroatoms. The largest absolute Gasteiger partial charge is 0.394 e. The smallest absolute Gasteiger partial charge is 0.268 e. The van der Waals surface area contributed by atoms with Gasteiger partial charge in [-0.2, -0.15) is 0 Å². The quantitative estimate of drug-likeness (QED) is 0.660. The lowest BCUT2D eigenvalue weighted by atomic mass is 10.1. The fourth-order valence-corrected chi connectivity index (χ4v) is 2.52. The molecule has 1 aromatic rings. The number of nitrogens with two attached hydrogens (primary N) is 1. The molecule has 0 spiro atoms. The molecule has 0 unspecified atom stereocenters. The van der Waals surface area contributed by atoms with E-state index in [2.05, 4.69) is 4.98 Å². The van der Waals surface area contributed by atoms with Crippen LogP contribution in [-0.2, 0) is 4.74 Å². The second kappa shape index (κ2) is 4.46. The molecule has 6 nitrogen and oxygen atoms in total. The molecule has 1 aliphatic rings. The zero-order valence-corrected chi connectivity index (χ0v) is 9.18. The molecule has 2 heterocycles. The van der Waals surface area contributed by atoms with Gasteiger partial charge >= 0.3 is 0 Å². The van der Waals surface area contributed by atoms with Crippen molar-refractivity contribution in [2.75, 3.05) is 6.61 Å². The molecule has 1 amide bonds. The zero-order valence-electron chi connectivity index (χ0n) is 8.37. The number of carbonyl (C=O) groups excluding carboxylic acids is 1. The number of hydrogen-bond acceptors (Lipinski definition) is 6. The highest BCUT2D eigenvalue weighted by atomic mass is 32.1. The molecular formula is C9H12N2O4S. The standard InChI is InChI=1S/C9H12N2O4S/c10-8(14)5-3-16-9(11-5)7-6(13)1-4(2-12)15-7/h3-4,6-7,12-13H,1-2H2,(H2,10,14)/t4-,6+,7+/m1/s1. The number of thiazole rings is 1. The van der Waals surface area contributed by atoms with Crippen molar-refractivity contribution in [3.8, 4) is 0 Å². The molecule has 3 atom stereocenters. The number of aromatic nitrogens is 1. The number of carbonyl (C=O) groups is 1. The summed E-state index contributed by atoms with van der Waals surface area (Å²) in [4.78, 5) is 14.8. The number of ether oxygens (including phenoxy) is 1. The van der Waals surface area contributed by atoms with Gasteiger partial charge in [0.1, 0.15) is 16.8 Å². The summed E-state index contributed by atoms with van der Waals surface area (Å²) in [7, 11) is 0. The number of aliphatic hydroxyl groups is 2. The second-order valence-corrected chi connectivity index (χ2v) is 4.49. The van der Waals surface area contributed by atoms with E-state index in [1.165, 1.54) is 16.7 Å². The van der Waals surface area contributed by atoms with Gasteiger partial charge in [-0.15, -0.1) is 11.3 Å². The lowest BCUT2D eigenvalue weighted by molar-refractivity contribution is -0.0109. The first-order chi connectivity index (χ1) is 7.61. The third-order valence-electron chi connectivity index (χ3n) is 2.41. The number of primary amides is 1. The SMILES string of the molecule is NC(=O)c1csc([C@H]2O[C@@H](CO)C[C@@H]2O)n1. The molecule has 0 radical (unpaired) electrons. The van der Waals surface area contributed by atoms with Crippen molar-refractivity contribution in [1.29, 1.82) is 0 Å². The van der Waals surface area contributed by atoms with Crippen molar-refractivity contribution in [2.45, 2.75) is 24.7 Å². The van der Waals surface area contributed by atoms with Gasteiger partial charge in [0.25, 0.3) is 5.91 Å². The van der Waals surface area contributed by atoms with Gasteiger partial charge in [0.05, 0.1) is 18.8 Å². The maximum absolute atomic E-state index is 10.9. The summed E-state index contributed by atoms with van der Waals surface area (Å²) in [6, 6.07) is 0. The van der Waals surface area contributed by atoms with E-state index in [1.54, 1.807) is 0 Å². The lowest BCUT2D eigenvalue weighted by Crippen LogP contribution is -2.14. The normalized spacial score (nSPS) is 29.5. The van der Waals surface area contributed by atoms with E-state index in [9.17, 15) is 9.90 Å². The fourth-order valence-electron chi connectivity index (χ4n) is 1.62. The number of amides is 1. The van der Waals surface area contributed by atoms with Crippen LogP contribution in [0.15, 0.2) is 5.38 Å². The highest BCUT2D eigenvalue weighted by Gasteiger charge is 2.36. The summed E-state index contributed by atoms with van der Waals surface area (Å²) < 4.78 is 5.40. The van der Waals surface area contributed by atoms with Crippen LogP contribution in [0, 0.1) is 0 Å². The number of nitrogens with zero attached hydrogens (tertiary/aromatic N) is 1. The molecule has 0 aromatic carbocycles. The molecule has 0 bridgehead atoms. The van der Waals surface area contributed by atoms with Crippen LogP contribution >= 0.6 is 11.3 Å². The summed E-state index contributed by atoms with van der Waals surface area (Å²) in [5, 5.41) is 20.7. The summed E-state index contributed by atoms with van der Waals surface area (Å²) in [5.41, 5.74) is 5.25. The van der Waals surface area contributed by atoms with E-state index in [1.807, 2.05) is 0 Å². The minimum Gasteiger partial charge on any atom is -0.394 e. The molecule has 88 valence electrons. The zero-order chi connectivity index (χ0) is 11.7. The monoisotopic (exact) mass is 244 g/mol. The highest BCUT2D eigenvalue weighted by molar-refractivity contribution is 7.09. The molecule has 1 fully saturated rings. The molecule has 16 heavy (non-hydrogen) atoms. The van der Waals surface area contributed by atoms with Crippen LogP contribution in [0.3, 0.4) is 0 Å². The fraction of sp³-hybridized carbons (Fsp3) is 0.556. The Morgan fingerprint density at radius 1 is 1.75 bits per heavy atom. The third kappa shape index (κ3) is 2.07. The van der Waals surface area contributed by atoms with Crippen molar-refractivity contribution in [2.24, 2.45) is 5.73 Å². The first-order valence-electron chi connectivity index (χ1n) is 4.81. The Balaban J connectivity index is 2.15. The maximum Gasteiger partial charge on any atom is 0.268 e. The van der Waals surface area contributed by atoms with E-state index < -0.39 is 18.1 Å². The number of rotatable bonds is 3. The van der Waals surface area contributed by atoms with Gasteiger partial charge in [-0.3, -0.25) is 4.79 Å². The van der Waals surface area contributed by atoms with Crippen LogP contribution in [0.1, 0.15) is 28.0 Å². The molecule has 1 aromatic heterocycles. The van der Waals surface area contributed by atoms with E-state index in [0.29, 0.717) is 11.4 Å². The molecule has 2 rings (SSSR count). The minimum atomic E-state index is -0.705. The van der Waals surface area contributed by atoms with Gasteiger partial charge in [0.2, 0.25) is 0 Å². The molecule has 1 saturated heterocycles. The average Bonchev–Trinajstić information content (AvgIpc) is 2.83. The lowest BCUT2D eigenvalue weighted by Gasteiger charge is -2.10. The second-order valence-electron chi connectivity index (χ2n) is 3.60. The van der Waals surface area contributed by atoms with Gasteiger partial charge in [-0.05, 0) is 0 Å². The Bertz CT molecular complexity index is 395. The van der Waals surface area contributed by atoms with Crippen LogP contribution in [0.4, 0.5) is 0 Å². The topological polar surface area (TPSA) is 106 Å².